The van der Waals surface area contributed by atoms with Gasteiger partial charge in [0.15, 0.2) is 0 Å². The van der Waals surface area contributed by atoms with Crippen LogP contribution in [0.2, 0.25) is 0 Å². The van der Waals surface area contributed by atoms with Gasteiger partial charge in [-0.15, -0.1) is 0 Å². The van der Waals surface area contributed by atoms with Gasteiger partial charge in [0.05, 0.1) is 0 Å². The van der Waals surface area contributed by atoms with Gasteiger partial charge in [0, 0.05) is 25.0 Å². The molecule has 1 aliphatic heterocycles. The average molecular weight is 212 g/mol. The van der Waals surface area contributed by atoms with Gasteiger partial charge < -0.3 is 10.6 Å². The van der Waals surface area contributed by atoms with E-state index in [0.29, 0.717) is 5.91 Å². The van der Waals surface area contributed by atoms with E-state index >= 15 is 0 Å². The van der Waals surface area contributed by atoms with Crippen LogP contribution in [0.1, 0.15) is 46.0 Å². The lowest BCUT2D eigenvalue weighted by molar-refractivity contribution is -0.134. The first-order chi connectivity index (χ1) is 7.11. The molecule has 1 saturated heterocycles. The lowest BCUT2D eigenvalue weighted by atomic mass is 10.0. The van der Waals surface area contributed by atoms with Crippen LogP contribution in [0.15, 0.2) is 0 Å². The molecule has 0 aliphatic carbocycles. The highest BCUT2D eigenvalue weighted by atomic mass is 16.2. The standard InChI is InChI=1S/C12H24N2O/c1-10(6-5-7-11(2)13)12(15)14-8-3-4-9-14/h10-11H,3-9,13H2,1-2H3. The van der Waals surface area contributed by atoms with Gasteiger partial charge in [-0.25, -0.2) is 0 Å². The molecule has 15 heavy (non-hydrogen) atoms. The van der Waals surface area contributed by atoms with Crippen LogP contribution in [0.5, 0.6) is 0 Å². The largest absolute Gasteiger partial charge is 0.342 e. The van der Waals surface area contributed by atoms with Crippen molar-refractivity contribution < 1.29 is 4.79 Å². The van der Waals surface area contributed by atoms with Gasteiger partial charge in [-0.1, -0.05) is 13.3 Å². The Morgan fingerprint density at radius 2 is 1.87 bits per heavy atom. The number of carbonyl (C=O) groups excluding carboxylic acids is 1. The van der Waals surface area contributed by atoms with Crippen LogP contribution in [0.3, 0.4) is 0 Å². The number of amides is 1. The van der Waals surface area contributed by atoms with Crippen molar-refractivity contribution in [2.75, 3.05) is 13.1 Å². The molecule has 1 amide bonds. The second-order valence-corrected chi connectivity index (χ2v) is 4.84. The zero-order chi connectivity index (χ0) is 11.3. The van der Waals surface area contributed by atoms with Crippen LogP contribution >= 0.6 is 0 Å². The number of nitrogens with two attached hydrogens (primary N) is 1. The maximum Gasteiger partial charge on any atom is 0.225 e. The highest BCUT2D eigenvalue weighted by Gasteiger charge is 2.22. The highest BCUT2D eigenvalue weighted by molar-refractivity contribution is 5.78. The summed E-state index contributed by atoms with van der Waals surface area (Å²) in [6.45, 7) is 6.00. The van der Waals surface area contributed by atoms with Gasteiger partial charge in [0.1, 0.15) is 0 Å². The van der Waals surface area contributed by atoms with Crippen molar-refractivity contribution in [1.82, 2.24) is 4.90 Å². The molecule has 3 heteroatoms. The lowest BCUT2D eigenvalue weighted by Crippen LogP contribution is -2.32. The molecule has 3 nitrogen and oxygen atoms in total. The molecule has 1 rings (SSSR count). The number of rotatable bonds is 5. The molecule has 0 spiro atoms. The zero-order valence-electron chi connectivity index (χ0n) is 10.0. The minimum Gasteiger partial charge on any atom is -0.342 e. The van der Waals surface area contributed by atoms with Crippen molar-refractivity contribution in [2.45, 2.75) is 52.0 Å². The van der Waals surface area contributed by atoms with Crippen LogP contribution in [0, 0.1) is 5.92 Å². The Balaban J connectivity index is 2.20. The summed E-state index contributed by atoms with van der Waals surface area (Å²) in [5, 5.41) is 0. The fourth-order valence-corrected chi connectivity index (χ4v) is 2.12. The second kappa shape index (κ2) is 6.11. The second-order valence-electron chi connectivity index (χ2n) is 4.84. The first-order valence-corrected chi connectivity index (χ1v) is 6.15. The van der Waals surface area contributed by atoms with Crippen LogP contribution in [0.4, 0.5) is 0 Å². The molecule has 2 unspecified atom stereocenters. The molecule has 0 radical (unpaired) electrons. The molecule has 2 N–H and O–H groups in total. The van der Waals surface area contributed by atoms with E-state index in [-0.39, 0.29) is 12.0 Å². The van der Waals surface area contributed by atoms with E-state index in [0.717, 1.165) is 32.4 Å². The van der Waals surface area contributed by atoms with Gasteiger partial charge >= 0.3 is 0 Å². The molecule has 1 fully saturated rings. The summed E-state index contributed by atoms with van der Waals surface area (Å²) in [4.78, 5) is 13.9. The molecule has 0 aromatic rings. The molecule has 2 atom stereocenters. The van der Waals surface area contributed by atoms with E-state index in [4.69, 9.17) is 5.73 Å². The Bertz CT molecular complexity index is 198. The van der Waals surface area contributed by atoms with Crippen molar-refractivity contribution in [2.24, 2.45) is 11.7 Å². The molecule has 1 heterocycles. The predicted molar refractivity (Wildman–Crippen MR) is 62.5 cm³/mol. The maximum atomic E-state index is 11.9. The van der Waals surface area contributed by atoms with Gasteiger partial charge in [0.25, 0.3) is 0 Å². The number of likely N-dealkylation sites (tertiary alicyclic amines) is 1. The number of hydrogen-bond acceptors (Lipinski definition) is 2. The monoisotopic (exact) mass is 212 g/mol. The van der Waals surface area contributed by atoms with Crippen molar-refractivity contribution in [3.05, 3.63) is 0 Å². The van der Waals surface area contributed by atoms with E-state index in [1.807, 2.05) is 18.7 Å². The Hall–Kier alpha value is -0.570. The predicted octanol–water partition coefficient (Wildman–Crippen LogP) is 1.76. The summed E-state index contributed by atoms with van der Waals surface area (Å²) in [6.07, 6.45) is 5.43. The minimum absolute atomic E-state index is 0.182. The Morgan fingerprint density at radius 1 is 1.27 bits per heavy atom. The van der Waals surface area contributed by atoms with E-state index in [9.17, 15) is 4.79 Å². The summed E-state index contributed by atoms with van der Waals surface area (Å²) < 4.78 is 0. The number of carbonyl (C=O) groups is 1. The maximum absolute atomic E-state index is 11.9. The summed E-state index contributed by atoms with van der Waals surface area (Å²) in [6, 6.07) is 0.263. The molecule has 0 bridgehead atoms. The van der Waals surface area contributed by atoms with Gasteiger partial charge in [-0.05, 0) is 32.6 Å². The summed E-state index contributed by atoms with van der Waals surface area (Å²) in [5.41, 5.74) is 5.68. The fourth-order valence-electron chi connectivity index (χ4n) is 2.12. The Kier molecular flexibility index (Phi) is 5.09. The van der Waals surface area contributed by atoms with E-state index < -0.39 is 0 Å². The third kappa shape index (κ3) is 4.20. The molecule has 0 aromatic carbocycles. The molecular weight excluding hydrogens is 188 g/mol. The van der Waals surface area contributed by atoms with Crippen LogP contribution in [-0.2, 0) is 4.79 Å². The van der Waals surface area contributed by atoms with Crippen LogP contribution < -0.4 is 5.73 Å². The fraction of sp³-hybridized carbons (Fsp3) is 0.917. The Labute approximate surface area is 93.0 Å². The first kappa shape index (κ1) is 12.5. The lowest BCUT2D eigenvalue weighted by Gasteiger charge is -2.20. The van der Waals surface area contributed by atoms with E-state index in [2.05, 4.69) is 0 Å². The number of hydrogen-bond donors (Lipinski definition) is 1. The molecule has 0 aromatic heterocycles. The van der Waals surface area contributed by atoms with Crippen molar-refractivity contribution >= 4 is 5.91 Å². The third-order valence-corrected chi connectivity index (χ3v) is 3.14. The quantitative estimate of drug-likeness (QED) is 0.755. The summed E-state index contributed by atoms with van der Waals surface area (Å²) in [5.74, 6) is 0.527. The number of nitrogens with zero attached hydrogens (tertiary/aromatic N) is 1. The summed E-state index contributed by atoms with van der Waals surface area (Å²) in [7, 11) is 0. The van der Waals surface area contributed by atoms with Crippen molar-refractivity contribution in [3.63, 3.8) is 0 Å². The van der Waals surface area contributed by atoms with Crippen LogP contribution in [-0.4, -0.2) is 29.9 Å². The zero-order valence-corrected chi connectivity index (χ0v) is 10.0. The highest BCUT2D eigenvalue weighted by Crippen LogP contribution is 2.16. The SMILES string of the molecule is CC(N)CCCC(C)C(=O)N1CCCC1. The average Bonchev–Trinajstić information content (AvgIpc) is 2.68. The van der Waals surface area contributed by atoms with E-state index in [1.165, 1.54) is 12.8 Å². The van der Waals surface area contributed by atoms with Crippen LogP contribution in [0.25, 0.3) is 0 Å². The Morgan fingerprint density at radius 3 is 2.40 bits per heavy atom. The van der Waals surface area contributed by atoms with Crippen molar-refractivity contribution in [1.29, 1.82) is 0 Å². The van der Waals surface area contributed by atoms with Gasteiger partial charge in [-0.3, -0.25) is 4.79 Å². The van der Waals surface area contributed by atoms with Crippen molar-refractivity contribution in [3.8, 4) is 0 Å². The molecular formula is C12H24N2O. The smallest absolute Gasteiger partial charge is 0.225 e. The molecule has 1 aliphatic rings. The van der Waals surface area contributed by atoms with Gasteiger partial charge in [-0.2, -0.15) is 0 Å². The topological polar surface area (TPSA) is 46.3 Å². The third-order valence-electron chi connectivity index (χ3n) is 3.14. The summed E-state index contributed by atoms with van der Waals surface area (Å²) >= 11 is 0. The minimum atomic E-state index is 0.182. The van der Waals surface area contributed by atoms with E-state index in [1.54, 1.807) is 0 Å². The first-order valence-electron chi connectivity index (χ1n) is 6.15. The van der Waals surface area contributed by atoms with Gasteiger partial charge in [0.2, 0.25) is 5.91 Å². The normalized spacial score (nSPS) is 20.3. The molecule has 0 saturated carbocycles. The molecule has 88 valence electrons.